The number of aromatic nitrogens is 2. The van der Waals surface area contributed by atoms with Crippen molar-refractivity contribution in [3.63, 3.8) is 0 Å². The number of nitrogens with zero attached hydrogens (tertiary/aromatic N) is 1. The van der Waals surface area contributed by atoms with Crippen LogP contribution in [-0.2, 0) is 17.4 Å². The molecule has 0 saturated carbocycles. The summed E-state index contributed by atoms with van der Waals surface area (Å²) in [4.78, 5) is 16.7. The van der Waals surface area contributed by atoms with Gasteiger partial charge in [0.1, 0.15) is 17.8 Å². The third-order valence-electron chi connectivity index (χ3n) is 2.19. The van der Waals surface area contributed by atoms with Crippen LogP contribution in [0.25, 0.3) is 11.0 Å². The summed E-state index contributed by atoms with van der Waals surface area (Å²) < 4.78 is 37.9. The summed E-state index contributed by atoms with van der Waals surface area (Å²) in [6.07, 6.45) is -4.94. The fraction of sp³-hybridized carbons (Fsp3) is 0.200. The standard InChI is InChI=1S/C10H7F3N2O2.Li.H/c11-10(12,13)5-2-1-3-6-9(5)15-7(14-6)4-8(16)17;;/h1-3H,4H2,(H,14,15)(H,16,17);;. The summed E-state index contributed by atoms with van der Waals surface area (Å²) in [6, 6.07) is 3.57. The van der Waals surface area contributed by atoms with Crippen molar-refractivity contribution in [2.24, 2.45) is 0 Å². The zero-order chi connectivity index (χ0) is 12.6. The van der Waals surface area contributed by atoms with Gasteiger partial charge in [0, 0.05) is 0 Å². The van der Waals surface area contributed by atoms with Crippen molar-refractivity contribution in [2.45, 2.75) is 12.6 Å². The van der Waals surface area contributed by atoms with Crippen LogP contribution in [0.3, 0.4) is 0 Å². The average Bonchev–Trinajstić information content (AvgIpc) is 2.55. The second-order valence-corrected chi connectivity index (χ2v) is 3.45. The fourth-order valence-corrected chi connectivity index (χ4v) is 1.54. The number of aromatic amines is 1. The molecule has 0 unspecified atom stereocenters. The number of carboxylic acid groups (broad SMARTS) is 1. The number of hydrogen-bond donors (Lipinski definition) is 2. The third-order valence-corrected chi connectivity index (χ3v) is 2.19. The predicted octanol–water partition coefficient (Wildman–Crippen LogP) is 1.56. The number of carboxylic acids is 1. The van der Waals surface area contributed by atoms with E-state index in [4.69, 9.17) is 5.11 Å². The topological polar surface area (TPSA) is 66.0 Å². The van der Waals surface area contributed by atoms with E-state index < -0.39 is 24.1 Å². The predicted molar refractivity (Wildman–Crippen MR) is 59.6 cm³/mol. The molecule has 0 aliphatic heterocycles. The average molecular weight is 252 g/mol. The third kappa shape index (κ3) is 2.86. The van der Waals surface area contributed by atoms with Gasteiger partial charge in [-0.15, -0.1) is 0 Å². The number of H-pyrrole nitrogens is 1. The van der Waals surface area contributed by atoms with Crippen molar-refractivity contribution in [3.05, 3.63) is 29.6 Å². The van der Waals surface area contributed by atoms with Crippen molar-refractivity contribution < 1.29 is 23.1 Å². The second-order valence-electron chi connectivity index (χ2n) is 3.45. The van der Waals surface area contributed by atoms with Gasteiger partial charge >= 0.3 is 31.0 Å². The number of carbonyl (C=O) groups is 1. The van der Waals surface area contributed by atoms with Crippen LogP contribution in [0.15, 0.2) is 18.2 Å². The van der Waals surface area contributed by atoms with Gasteiger partial charge in [-0.05, 0) is 12.1 Å². The van der Waals surface area contributed by atoms with E-state index in [1.54, 1.807) is 0 Å². The molecular formula is C10H8F3LiN2O2. The van der Waals surface area contributed by atoms with Crippen molar-refractivity contribution in [2.75, 3.05) is 0 Å². The van der Waals surface area contributed by atoms with Crippen LogP contribution in [0.5, 0.6) is 0 Å². The SMILES string of the molecule is O=C(O)Cc1nc2c(C(F)(F)F)cccc2[nH]1.[LiH]. The van der Waals surface area contributed by atoms with E-state index in [1.807, 2.05) is 0 Å². The Morgan fingerprint density at radius 3 is 2.61 bits per heavy atom. The molecule has 2 aromatic rings. The van der Waals surface area contributed by atoms with Gasteiger partial charge in [0.15, 0.2) is 0 Å². The van der Waals surface area contributed by atoms with E-state index in [1.165, 1.54) is 12.1 Å². The van der Waals surface area contributed by atoms with Crippen molar-refractivity contribution in [3.8, 4) is 0 Å². The summed E-state index contributed by atoms with van der Waals surface area (Å²) in [5.74, 6) is -1.15. The quantitative estimate of drug-likeness (QED) is 0.797. The number of para-hydroxylation sites is 1. The van der Waals surface area contributed by atoms with Crippen LogP contribution in [0.4, 0.5) is 13.2 Å². The molecule has 2 rings (SSSR count). The summed E-state index contributed by atoms with van der Waals surface area (Å²) in [5.41, 5.74) is -0.949. The molecule has 1 heterocycles. The zero-order valence-electron chi connectivity index (χ0n) is 8.38. The van der Waals surface area contributed by atoms with E-state index >= 15 is 0 Å². The molecule has 0 fully saturated rings. The molecule has 0 bridgehead atoms. The number of alkyl halides is 3. The normalized spacial score (nSPS) is 11.3. The molecule has 0 radical (unpaired) electrons. The van der Waals surface area contributed by atoms with Crippen LogP contribution in [-0.4, -0.2) is 39.9 Å². The number of nitrogens with one attached hydrogen (secondary N) is 1. The van der Waals surface area contributed by atoms with Crippen LogP contribution >= 0.6 is 0 Å². The molecule has 4 nitrogen and oxygen atoms in total. The Bertz CT molecular complexity index is 580. The molecule has 0 amide bonds. The molecular weight excluding hydrogens is 244 g/mol. The molecule has 18 heavy (non-hydrogen) atoms. The molecule has 0 aliphatic carbocycles. The van der Waals surface area contributed by atoms with E-state index in [0.717, 1.165) is 6.07 Å². The molecule has 0 saturated heterocycles. The molecule has 2 N–H and O–H groups in total. The van der Waals surface area contributed by atoms with Crippen LogP contribution in [0.1, 0.15) is 11.4 Å². The van der Waals surface area contributed by atoms with Crippen molar-refractivity contribution in [1.82, 2.24) is 9.97 Å². The Kier molecular flexibility index (Phi) is 4.09. The van der Waals surface area contributed by atoms with Gasteiger partial charge in [0.2, 0.25) is 0 Å². The number of rotatable bonds is 2. The van der Waals surface area contributed by atoms with E-state index in [9.17, 15) is 18.0 Å². The number of aliphatic carboxylic acids is 1. The minimum absolute atomic E-state index is 0. The maximum atomic E-state index is 12.6. The van der Waals surface area contributed by atoms with Crippen LogP contribution < -0.4 is 0 Å². The number of halogens is 3. The second kappa shape index (κ2) is 5.04. The van der Waals surface area contributed by atoms with E-state index in [-0.39, 0.29) is 35.7 Å². The summed E-state index contributed by atoms with van der Waals surface area (Å²) >= 11 is 0. The Hall–Kier alpha value is -1.45. The fourth-order valence-electron chi connectivity index (χ4n) is 1.54. The summed E-state index contributed by atoms with van der Waals surface area (Å²) in [6.45, 7) is 0. The number of imidazole rings is 1. The molecule has 1 aromatic carbocycles. The first-order valence-corrected chi connectivity index (χ1v) is 4.64. The maximum absolute atomic E-state index is 12.6. The number of hydrogen-bond acceptors (Lipinski definition) is 2. The number of fused-ring (bicyclic) bond motifs is 1. The van der Waals surface area contributed by atoms with Gasteiger partial charge in [-0.2, -0.15) is 13.2 Å². The first kappa shape index (κ1) is 14.6. The minimum atomic E-state index is -4.50. The van der Waals surface area contributed by atoms with Gasteiger partial charge in [-0.3, -0.25) is 4.79 Å². The molecule has 0 aliphatic rings. The van der Waals surface area contributed by atoms with E-state index in [2.05, 4.69) is 9.97 Å². The molecule has 0 atom stereocenters. The summed E-state index contributed by atoms with van der Waals surface area (Å²) in [5, 5.41) is 8.54. The van der Waals surface area contributed by atoms with Crippen LogP contribution in [0.2, 0.25) is 0 Å². The first-order valence-electron chi connectivity index (χ1n) is 4.64. The number of benzene rings is 1. The first-order chi connectivity index (χ1) is 7.88. The molecule has 92 valence electrons. The Morgan fingerprint density at radius 2 is 2.06 bits per heavy atom. The van der Waals surface area contributed by atoms with Crippen LogP contribution in [0, 0.1) is 0 Å². The molecule has 1 aromatic heterocycles. The molecule has 8 heteroatoms. The van der Waals surface area contributed by atoms with Gasteiger partial charge in [0.25, 0.3) is 0 Å². The van der Waals surface area contributed by atoms with E-state index in [0.29, 0.717) is 0 Å². The zero-order valence-corrected chi connectivity index (χ0v) is 8.38. The van der Waals surface area contributed by atoms with Gasteiger partial charge in [0.05, 0.1) is 11.1 Å². The Morgan fingerprint density at radius 1 is 1.39 bits per heavy atom. The van der Waals surface area contributed by atoms with Gasteiger partial charge in [-0.1, -0.05) is 6.07 Å². The molecule has 0 spiro atoms. The van der Waals surface area contributed by atoms with Gasteiger partial charge in [-0.25, -0.2) is 4.98 Å². The van der Waals surface area contributed by atoms with Gasteiger partial charge < -0.3 is 10.1 Å². The van der Waals surface area contributed by atoms with Crippen molar-refractivity contribution >= 4 is 35.9 Å². The Labute approximate surface area is 111 Å². The monoisotopic (exact) mass is 252 g/mol. The Balaban J connectivity index is 0.00000162. The summed E-state index contributed by atoms with van der Waals surface area (Å²) in [7, 11) is 0. The van der Waals surface area contributed by atoms with Crippen molar-refractivity contribution in [1.29, 1.82) is 0 Å².